The number of carbonyl (C=O) groups is 1. The third-order valence-corrected chi connectivity index (χ3v) is 3.85. The fourth-order valence-corrected chi connectivity index (χ4v) is 2.71. The van der Waals surface area contributed by atoms with E-state index in [1.807, 2.05) is 13.8 Å². The maximum absolute atomic E-state index is 12.9. The topological polar surface area (TPSA) is 56.2 Å². The van der Waals surface area contributed by atoms with Gasteiger partial charge in [-0.25, -0.2) is 0 Å². The second kappa shape index (κ2) is 6.28. The fourth-order valence-electron chi connectivity index (χ4n) is 2.71. The minimum Gasteiger partial charge on any atom is -0.468 e. The zero-order valence-corrected chi connectivity index (χ0v) is 12.8. The number of rotatable bonds is 3. The number of nitrogens with zero attached hydrogens (tertiary/aromatic N) is 2. The third kappa shape index (κ3) is 3.43. The molecule has 1 aromatic rings. The van der Waals surface area contributed by atoms with Crippen LogP contribution in [0.1, 0.15) is 50.0 Å². The highest BCUT2D eigenvalue weighted by molar-refractivity contribution is 5.75. The number of aromatic nitrogens is 2. The third-order valence-electron chi connectivity index (χ3n) is 3.85. The molecule has 0 spiro atoms. The Hall–Kier alpha value is -1.57. The Balaban J connectivity index is 2.30. The van der Waals surface area contributed by atoms with Crippen molar-refractivity contribution in [3.8, 4) is 0 Å². The first-order chi connectivity index (χ1) is 10.2. The second-order valence-electron chi connectivity index (χ2n) is 5.76. The minimum absolute atomic E-state index is 0.0879. The Morgan fingerprint density at radius 1 is 1.50 bits per heavy atom. The van der Waals surface area contributed by atoms with Crippen molar-refractivity contribution in [2.24, 2.45) is 0 Å². The maximum atomic E-state index is 12.9. The van der Waals surface area contributed by atoms with E-state index in [0.717, 1.165) is 6.07 Å². The zero-order valence-electron chi connectivity index (χ0n) is 12.8. The zero-order chi connectivity index (χ0) is 16.5. The van der Waals surface area contributed by atoms with Crippen molar-refractivity contribution >= 4 is 5.97 Å². The number of methoxy groups -OCH3 is 1. The number of alkyl halides is 3. The quantitative estimate of drug-likeness (QED) is 0.870. The number of nitrogens with one attached hydrogen (secondary N) is 1. The number of carbonyl (C=O) groups excluding carboxylic acids is 1. The van der Waals surface area contributed by atoms with Crippen LogP contribution in [0.4, 0.5) is 13.2 Å². The summed E-state index contributed by atoms with van der Waals surface area (Å²) < 4.78 is 44.9. The largest absolute Gasteiger partial charge is 0.468 e. The molecule has 2 unspecified atom stereocenters. The maximum Gasteiger partial charge on any atom is 0.435 e. The Bertz CT molecular complexity index is 540. The molecule has 124 valence electrons. The van der Waals surface area contributed by atoms with Crippen molar-refractivity contribution in [3.63, 3.8) is 0 Å². The lowest BCUT2D eigenvalue weighted by atomic mass is 9.98. The van der Waals surface area contributed by atoms with Crippen molar-refractivity contribution in [1.82, 2.24) is 15.1 Å². The monoisotopic (exact) mass is 319 g/mol. The van der Waals surface area contributed by atoms with E-state index in [-0.39, 0.29) is 12.0 Å². The van der Waals surface area contributed by atoms with E-state index in [9.17, 15) is 18.0 Å². The molecular formula is C14H20F3N3O2. The van der Waals surface area contributed by atoms with Gasteiger partial charge in [0.05, 0.1) is 13.2 Å². The van der Waals surface area contributed by atoms with Crippen molar-refractivity contribution in [2.75, 3.05) is 13.7 Å². The van der Waals surface area contributed by atoms with Crippen LogP contribution in [0.25, 0.3) is 0 Å². The van der Waals surface area contributed by atoms with Gasteiger partial charge in [-0.1, -0.05) is 13.8 Å². The number of piperidine rings is 1. The van der Waals surface area contributed by atoms with Crippen LogP contribution in [0.15, 0.2) is 6.07 Å². The van der Waals surface area contributed by atoms with Crippen LogP contribution in [0.2, 0.25) is 0 Å². The number of hydrogen-bond donors (Lipinski definition) is 1. The predicted molar refractivity (Wildman–Crippen MR) is 73.4 cm³/mol. The summed E-state index contributed by atoms with van der Waals surface area (Å²) in [5.41, 5.74) is -0.354. The van der Waals surface area contributed by atoms with Gasteiger partial charge in [0.25, 0.3) is 0 Å². The Morgan fingerprint density at radius 2 is 2.18 bits per heavy atom. The minimum atomic E-state index is -4.47. The lowest BCUT2D eigenvalue weighted by Gasteiger charge is -2.30. The molecule has 2 rings (SSSR count). The number of esters is 1. The molecule has 0 saturated carbocycles. The molecule has 5 nitrogen and oxygen atoms in total. The summed E-state index contributed by atoms with van der Waals surface area (Å²) in [7, 11) is 1.29. The van der Waals surface area contributed by atoms with Gasteiger partial charge in [-0.15, -0.1) is 0 Å². The molecule has 0 amide bonds. The Labute approximate surface area is 126 Å². The van der Waals surface area contributed by atoms with Crippen LogP contribution < -0.4 is 5.32 Å². The average molecular weight is 319 g/mol. The molecule has 8 heteroatoms. The van der Waals surface area contributed by atoms with Gasteiger partial charge in [-0.2, -0.15) is 18.3 Å². The second-order valence-corrected chi connectivity index (χ2v) is 5.76. The van der Waals surface area contributed by atoms with E-state index >= 15 is 0 Å². The average Bonchev–Trinajstić information content (AvgIpc) is 2.92. The summed E-state index contributed by atoms with van der Waals surface area (Å²) in [6.45, 7) is 4.18. The molecule has 1 saturated heterocycles. The van der Waals surface area contributed by atoms with Gasteiger partial charge in [0.15, 0.2) is 5.69 Å². The van der Waals surface area contributed by atoms with Crippen molar-refractivity contribution in [1.29, 1.82) is 0 Å². The summed E-state index contributed by atoms with van der Waals surface area (Å²) in [5.74, 6) is -0.492. The summed E-state index contributed by atoms with van der Waals surface area (Å²) in [6.07, 6.45) is -3.49. The molecule has 1 aromatic heterocycles. The summed E-state index contributed by atoms with van der Waals surface area (Å²) in [4.78, 5) is 11.6. The lowest BCUT2D eigenvalue weighted by molar-refractivity contribution is -0.144. The summed E-state index contributed by atoms with van der Waals surface area (Å²) in [6, 6.07) is 0.334. The summed E-state index contributed by atoms with van der Waals surface area (Å²) in [5, 5.41) is 6.78. The molecule has 0 aliphatic carbocycles. The highest BCUT2D eigenvalue weighted by Gasteiger charge is 2.37. The molecule has 1 aliphatic heterocycles. The van der Waals surface area contributed by atoms with Gasteiger partial charge < -0.3 is 10.1 Å². The van der Waals surface area contributed by atoms with E-state index in [1.165, 1.54) is 11.8 Å². The van der Waals surface area contributed by atoms with Crippen LogP contribution in [0.3, 0.4) is 0 Å². The van der Waals surface area contributed by atoms with E-state index in [1.54, 1.807) is 0 Å². The van der Waals surface area contributed by atoms with E-state index in [2.05, 4.69) is 10.4 Å². The van der Waals surface area contributed by atoms with Crippen LogP contribution in [-0.2, 0) is 15.7 Å². The van der Waals surface area contributed by atoms with Gasteiger partial charge in [-0.05, 0) is 31.4 Å². The van der Waals surface area contributed by atoms with Crippen molar-refractivity contribution < 1.29 is 22.7 Å². The smallest absolute Gasteiger partial charge is 0.435 e. The highest BCUT2D eigenvalue weighted by atomic mass is 19.4. The molecule has 22 heavy (non-hydrogen) atoms. The number of ether oxygens (including phenoxy) is 1. The highest BCUT2D eigenvalue weighted by Crippen LogP contribution is 2.33. The van der Waals surface area contributed by atoms with Gasteiger partial charge in [-0.3, -0.25) is 9.48 Å². The van der Waals surface area contributed by atoms with E-state index in [0.29, 0.717) is 25.1 Å². The molecule has 1 aliphatic rings. The van der Waals surface area contributed by atoms with Crippen LogP contribution in [0, 0.1) is 0 Å². The van der Waals surface area contributed by atoms with Crippen molar-refractivity contribution in [3.05, 3.63) is 17.5 Å². The fraction of sp³-hybridized carbons (Fsp3) is 0.714. The van der Waals surface area contributed by atoms with Gasteiger partial charge >= 0.3 is 12.1 Å². The normalized spacial score (nSPS) is 22.9. The first-order valence-corrected chi connectivity index (χ1v) is 7.22. The molecule has 0 aromatic carbocycles. The summed E-state index contributed by atoms with van der Waals surface area (Å²) >= 11 is 0. The molecule has 1 fully saturated rings. The molecule has 2 heterocycles. The standard InChI is InChI=1S/C14H20F3N3O2/c1-8(2)11-7-12(14(15,16)17)19-20(11)9-4-5-18-10(6-9)13(21)22-3/h7-10,18H,4-6H2,1-3H3. The van der Waals surface area contributed by atoms with Gasteiger partial charge in [0, 0.05) is 5.69 Å². The predicted octanol–water partition coefficient (Wildman–Crippen LogP) is 2.49. The van der Waals surface area contributed by atoms with E-state index < -0.39 is 23.9 Å². The SMILES string of the molecule is COC(=O)C1CC(n2nc(C(F)(F)F)cc2C(C)C)CCN1. The van der Waals surface area contributed by atoms with E-state index in [4.69, 9.17) is 4.74 Å². The van der Waals surface area contributed by atoms with Crippen LogP contribution in [0.5, 0.6) is 0 Å². The molecular weight excluding hydrogens is 299 g/mol. The number of halogens is 3. The Morgan fingerprint density at radius 3 is 2.73 bits per heavy atom. The van der Waals surface area contributed by atoms with Crippen LogP contribution in [-0.4, -0.2) is 35.4 Å². The Kier molecular flexibility index (Phi) is 4.79. The van der Waals surface area contributed by atoms with Gasteiger partial charge in [0.1, 0.15) is 6.04 Å². The van der Waals surface area contributed by atoms with Crippen LogP contribution >= 0.6 is 0 Å². The molecule has 0 bridgehead atoms. The molecule has 1 N–H and O–H groups in total. The first kappa shape index (κ1) is 16.8. The van der Waals surface area contributed by atoms with Crippen molar-refractivity contribution in [2.45, 2.75) is 50.9 Å². The lowest BCUT2D eigenvalue weighted by Crippen LogP contribution is -2.45. The molecule has 0 radical (unpaired) electrons. The number of hydrogen-bond acceptors (Lipinski definition) is 4. The molecule has 2 atom stereocenters. The first-order valence-electron chi connectivity index (χ1n) is 7.22. The van der Waals surface area contributed by atoms with Gasteiger partial charge in [0.2, 0.25) is 0 Å².